The third-order valence-corrected chi connectivity index (χ3v) is 3.30. The molecule has 1 aromatic carbocycles. The van der Waals surface area contributed by atoms with Crippen molar-refractivity contribution in [2.24, 2.45) is 0 Å². The van der Waals surface area contributed by atoms with Gasteiger partial charge in [-0.2, -0.15) is 0 Å². The number of halogens is 1. The zero-order valence-corrected chi connectivity index (χ0v) is 10.4. The van der Waals surface area contributed by atoms with Crippen molar-refractivity contribution in [3.63, 3.8) is 0 Å². The highest BCUT2D eigenvalue weighted by molar-refractivity contribution is 9.15. The summed E-state index contributed by atoms with van der Waals surface area (Å²) in [6.07, 6.45) is 1.17. The van der Waals surface area contributed by atoms with Crippen molar-refractivity contribution in [2.45, 2.75) is 6.92 Å². The lowest BCUT2D eigenvalue weighted by atomic mass is 10.1. The van der Waals surface area contributed by atoms with Crippen molar-refractivity contribution in [3.8, 4) is 0 Å². The summed E-state index contributed by atoms with van der Waals surface area (Å²) in [6, 6.07) is 7.63. The van der Waals surface area contributed by atoms with Gasteiger partial charge in [-0.25, -0.2) is 8.42 Å². The molecule has 0 saturated heterocycles. The minimum Gasteiger partial charge on any atom is -0.225 e. The normalized spacial score (nSPS) is 12.9. The Balaban J connectivity index is 3.07. The maximum atomic E-state index is 11.0. The van der Waals surface area contributed by atoms with Gasteiger partial charge in [0.2, 0.25) is 0 Å². The maximum absolute atomic E-state index is 11.0. The molecule has 0 fully saturated rings. The number of sulfone groups is 1. The standard InChI is InChI=1S/C10H11BrO2S/c1-8-3-5-9(6-4-8)10(11)7-14(2,12)13/h3-7H,1-2H3/b10-7+. The van der Waals surface area contributed by atoms with Gasteiger partial charge in [0.05, 0.1) is 0 Å². The van der Waals surface area contributed by atoms with Crippen molar-refractivity contribution in [1.29, 1.82) is 0 Å². The molecular weight excluding hydrogens is 264 g/mol. The highest BCUT2D eigenvalue weighted by Crippen LogP contribution is 2.22. The average molecular weight is 275 g/mol. The van der Waals surface area contributed by atoms with Gasteiger partial charge in [0.25, 0.3) is 0 Å². The Kier molecular flexibility index (Phi) is 3.50. The van der Waals surface area contributed by atoms with E-state index in [0.717, 1.165) is 11.1 Å². The molecule has 0 atom stereocenters. The van der Waals surface area contributed by atoms with Crippen molar-refractivity contribution < 1.29 is 8.42 Å². The molecule has 76 valence electrons. The molecule has 0 saturated carbocycles. The smallest absolute Gasteiger partial charge is 0.169 e. The second-order valence-corrected chi connectivity index (χ2v) is 5.91. The maximum Gasteiger partial charge on any atom is 0.169 e. The molecule has 1 aromatic rings. The van der Waals surface area contributed by atoms with Crippen LogP contribution in [0.3, 0.4) is 0 Å². The summed E-state index contributed by atoms with van der Waals surface area (Å²) in [4.78, 5) is 0. The molecule has 0 heterocycles. The first-order valence-electron chi connectivity index (χ1n) is 4.03. The summed E-state index contributed by atoms with van der Waals surface area (Å²) in [6.45, 7) is 1.98. The Hall–Kier alpha value is -0.610. The molecule has 0 aliphatic heterocycles. The molecule has 4 heteroatoms. The molecule has 0 bridgehead atoms. The van der Waals surface area contributed by atoms with Crippen LogP contribution in [0.1, 0.15) is 11.1 Å². The minimum atomic E-state index is -3.09. The van der Waals surface area contributed by atoms with E-state index in [0.29, 0.717) is 4.48 Å². The molecule has 0 radical (unpaired) electrons. The minimum absolute atomic E-state index is 0.583. The molecule has 14 heavy (non-hydrogen) atoms. The number of hydrogen-bond acceptors (Lipinski definition) is 2. The fraction of sp³-hybridized carbons (Fsp3) is 0.200. The van der Waals surface area contributed by atoms with Crippen molar-refractivity contribution in [3.05, 3.63) is 40.8 Å². The van der Waals surface area contributed by atoms with Crippen LogP contribution in [0, 0.1) is 6.92 Å². The fourth-order valence-corrected chi connectivity index (χ4v) is 2.76. The number of benzene rings is 1. The highest BCUT2D eigenvalue weighted by atomic mass is 79.9. The second-order valence-electron chi connectivity index (χ2n) is 3.16. The molecule has 0 aromatic heterocycles. The van der Waals surface area contributed by atoms with E-state index in [2.05, 4.69) is 15.9 Å². The van der Waals surface area contributed by atoms with Crippen molar-refractivity contribution >= 4 is 30.2 Å². The van der Waals surface area contributed by atoms with Gasteiger partial charge in [0, 0.05) is 16.1 Å². The predicted octanol–water partition coefficient (Wildman–Crippen LogP) is 2.73. The summed E-state index contributed by atoms with van der Waals surface area (Å²) < 4.78 is 22.5. The summed E-state index contributed by atoms with van der Waals surface area (Å²) in [5.74, 6) is 0. The van der Waals surface area contributed by atoms with E-state index in [1.807, 2.05) is 31.2 Å². The van der Waals surface area contributed by atoms with E-state index in [1.165, 1.54) is 11.7 Å². The first-order chi connectivity index (χ1) is 6.38. The number of rotatable bonds is 2. The third kappa shape index (κ3) is 3.64. The number of hydrogen-bond donors (Lipinski definition) is 0. The molecule has 0 aliphatic carbocycles. The van der Waals surface area contributed by atoms with Crippen molar-refractivity contribution in [2.75, 3.05) is 6.26 Å². The van der Waals surface area contributed by atoms with Crippen LogP contribution < -0.4 is 0 Å². The van der Waals surface area contributed by atoms with Crippen molar-refractivity contribution in [1.82, 2.24) is 0 Å². The van der Waals surface area contributed by atoms with Gasteiger partial charge in [0.1, 0.15) is 0 Å². The second kappa shape index (κ2) is 4.28. The number of aryl methyl sites for hydroxylation is 1. The van der Waals surface area contributed by atoms with Gasteiger partial charge in [-0.15, -0.1) is 0 Å². The van der Waals surface area contributed by atoms with Crippen LogP contribution in [-0.4, -0.2) is 14.7 Å². The lowest BCUT2D eigenvalue weighted by Gasteiger charge is -1.99. The van der Waals surface area contributed by atoms with E-state index >= 15 is 0 Å². The van der Waals surface area contributed by atoms with E-state index in [-0.39, 0.29) is 0 Å². The SMILES string of the molecule is Cc1ccc(/C(Br)=C\S(C)(=O)=O)cc1. The average Bonchev–Trinajstić information content (AvgIpc) is 2.02. The lowest BCUT2D eigenvalue weighted by molar-refractivity contribution is 0.610. The van der Waals surface area contributed by atoms with Crippen LogP contribution in [0.4, 0.5) is 0 Å². The Morgan fingerprint density at radius 3 is 2.21 bits per heavy atom. The summed E-state index contributed by atoms with van der Waals surface area (Å²) in [5.41, 5.74) is 2.01. The Morgan fingerprint density at radius 1 is 1.29 bits per heavy atom. The molecule has 0 unspecified atom stereocenters. The monoisotopic (exact) mass is 274 g/mol. The molecule has 0 spiro atoms. The van der Waals surface area contributed by atoms with Gasteiger partial charge in [-0.1, -0.05) is 29.8 Å². The molecular formula is C10H11BrO2S. The first-order valence-corrected chi connectivity index (χ1v) is 6.77. The van der Waals surface area contributed by atoms with E-state index in [4.69, 9.17) is 0 Å². The van der Waals surface area contributed by atoms with Crippen LogP contribution in [0.2, 0.25) is 0 Å². The van der Waals surface area contributed by atoms with Crippen LogP contribution in [0.5, 0.6) is 0 Å². The molecule has 0 N–H and O–H groups in total. The summed E-state index contributed by atoms with van der Waals surface area (Å²) in [5, 5.41) is 1.21. The summed E-state index contributed by atoms with van der Waals surface area (Å²) in [7, 11) is -3.09. The largest absolute Gasteiger partial charge is 0.225 e. The Morgan fingerprint density at radius 2 is 1.79 bits per heavy atom. The molecule has 0 aliphatic rings. The predicted molar refractivity (Wildman–Crippen MR) is 62.9 cm³/mol. The van der Waals surface area contributed by atoms with Gasteiger partial charge < -0.3 is 0 Å². The van der Waals surface area contributed by atoms with Gasteiger partial charge in [0.15, 0.2) is 9.84 Å². The first kappa shape index (κ1) is 11.5. The van der Waals surface area contributed by atoms with Crippen LogP contribution >= 0.6 is 15.9 Å². The van der Waals surface area contributed by atoms with E-state index in [9.17, 15) is 8.42 Å². The van der Waals surface area contributed by atoms with Crippen LogP contribution in [0.25, 0.3) is 4.48 Å². The molecule has 2 nitrogen and oxygen atoms in total. The zero-order valence-electron chi connectivity index (χ0n) is 7.99. The Labute approximate surface area is 92.7 Å². The van der Waals surface area contributed by atoms with Gasteiger partial charge >= 0.3 is 0 Å². The lowest BCUT2D eigenvalue weighted by Crippen LogP contribution is -1.90. The fourth-order valence-electron chi connectivity index (χ4n) is 0.969. The van der Waals surface area contributed by atoms with E-state index in [1.54, 1.807) is 0 Å². The third-order valence-electron chi connectivity index (χ3n) is 1.64. The van der Waals surface area contributed by atoms with Gasteiger partial charge in [-0.3, -0.25) is 0 Å². The quantitative estimate of drug-likeness (QED) is 0.831. The highest BCUT2D eigenvalue weighted by Gasteiger charge is 2.02. The van der Waals surface area contributed by atoms with Crippen LogP contribution in [-0.2, 0) is 9.84 Å². The van der Waals surface area contributed by atoms with E-state index < -0.39 is 9.84 Å². The Bertz CT molecular complexity index is 444. The molecule has 0 amide bonds. The van der Waals surface area contributed by atoms with Gasteiger partial charge in [-0.05, 0) is 28.4 Å². The zero-order chi connectivity index (χ0) is 10.8. The summed E-state index contributed by atoms with van der Waals surface area (Å²) >= 11 is 3.23. The van der Waals surface area contributed by atoms with Crippen LogP contribution in [0.15, 0.2) is 29.7 Å². The topological polar surface area (TPSA) is 34.1 Å². The molecule has 1 rings (SSSR count).